The highest BCUT2D eigenvalue weighted by atomic mass is 32.1. The van der Waals surface area contributed by atoms with Gasteiger partial charge in [0, 0.05) is 18.1 Å². The van der Waals surface area contributed by atoms with Crippen LogP contribution in [0.25, 0.3) is 10.2 Å². The fraction of sp³-hybridized carbons (Fsp3) is 0.278. The molecule has 1 amide bonds. The summed E-state index contributed by atoms with van der Waals surface area (Å²) in [5.74, 6) is -0.769. The van der Waals surface area contributed by atoms with Crippen molar-refractivity contribution in [1.82, 2.24) is 9.78 Å². The van der Waals surface area contributed by atoms with Gasteiger partial charge in [-0.05, 0) is 29.7 Å². The van der Waals surface area contributed by atoms with Gasteiger partial charge in [-0.3, -0.25) is 14.3 Å². The number of anilines is 1. The Morgan fingerprint density at radius 2 is 1.96 bits per heavy atom. The standard InChI is InChI=1S/C18H19N3O3S/c1-10(2)16-13-9-14(25-18(13)21(3)20-16)17(24)19-12-6-4-11(5-7-12)8-15(22)23/h4-7,9-10H,8H2,1-3H3,(H,19,24)(H,22,23). The van der Waals surface area contributed by atoms with Crippen LogP contribution in [0, 0.1) is 0 Å². The SMILES string of the molecule is CC(C)c1nn(C)c2sc(C(=O)Nc3ccc(CC(=O)O)cc3)cc12. The van der Waals surface area contributed by atoms with E-state index >= 15 is 0 Å². The summed E-state index contributed by atoms with van der Waals surface area (Å²) in [5.41, 5.74) is 2.32. The minimum atomic E-state index is -0.878. The van der Waals surface area contributed by atoms with Gasteiger partial charge >= 0.3 is 5.97 Å². The van der Waals surface area contributed by atoms with E-state index in [0.29, 0.717) is 16.1 Å². The van der Waals surface area contributed by atoms with Gasteiger partial charge in [0.25, 0.3) is 5.91 Å². The molecule has 0 aliphatic heterocycles. The van der Waals surface area contributed by atoms with Gasteiger partial charge in [-0.25, -0.2) is 0 Å². The lowest BCUT2D eigenvalue weighted by molar-refractivity contribution is -0.136. The van der Waals surface area contributed by atoms with Crippen LogP contribution in [0.2, 0.25) is 0 Å². The topological polar surface area (TPSA) is 84.2 Å². The molecule has 0 bridgehead atoms. The molecule has 130 valence electrons. The van der Waals surface area contributed by atoms with Gasteiger partial charge in [0.15, 0.2) is 0 Å². The number of thiophene rings is 1. The molecular weight excluding hydrogens is 338 g/mol. The number of carbonyl (C=O) groups excluding carboxylic acids is 1. The van der Waals surface area contributed by atoms with Crippen molar-refractivity contribution in [2.45, 2.75) is 26.2 Å². The summed E-state index contributed by atoms with van der Waals surface area (Å²) in [7, 11) is 1.88. The molecule has 6 nitrogen and oxygen atoms in total. The molecule has 0 radical (unpaired) electrons. The van der Waals surface area contributed by atoms with E-state index in [4.69, 9.17) is 5.11 Å². The van der Waals surface area contributed by atoms with Crippen molar-refractivity contribution in [1.29, 1.82) is 0 Å². The third-order valence-electron chi connectivity index (χ3n) is 3.88. The first-order valence-corrected chi connectivity index (χ1v) is 8.75. The predicted octanol–water partition coefficient (Wildman–Crippen LogP) is 3.64. The monoisotopic (exact) mass is 357 g/mol. The number of carboxylic acids is 1. The molecule has 2 heterocycles. The third kappa shape index (κ3) is 3.56. The Kier molecular flexibility index (Phi) is 4.59. The van der Waals surface area contributed by atoms with Crippen LogP contribution in [0.4, 0.5) is 5.69 Å². The zero-order chi connectivity index (χ0) is 18.1. The lowest BCUT2D eigenvalue weighted by Crippen LogP contribution is -2.10. The Labute approximate surface area is 149 Å². The number of nitrogens with zero attached hydrogens (tertiary/aromatic N) is 2. The van der Waals surface area contributed by atoms with Crippen molar-refractivity contribution in [3.8, 4) is 0 Å². The lowest BCUT2D eigenvalue weighted by Gasteiger charge is -2.05. The number of hydrogen-bond acceptors (Lipinski definition) is 4. The highest BCUT2D eigenvalue weighted by Crippen LogP contribution is 2.31. The maximum atomic E-state index is 12.5. The molecule has 0 aliphatic rings. The van der Waals surface area contributed by atoms with Gasteiger partial charge in [-0.15, -0.1) is 11.3 Å². The molecule has 2 N–H and O–H groups in total. The van der Waals surface area contributed by atoms with E-state index in [2.05, 4.69) is 24.3 Å². The molecule has 25 heavy (non-hydrogen) atoms. The Morgan fingerprint density at radius 1 is 1.28 bits per heavy atom. The molecular formula is C18H19N3O3S. The summed E-state index contributed by atoms with van der Waals surface area (Å²) < 4.78 is 1.81. The summed E-state index contributed by atoms with van der Waals surface area (Å²) >= 11 is 1.41. The average Bonchev–Trinajstić information content (AvgIpc) is 3.09. The van der Waals surface area contributed by atoms with Gasteiger partial charge in [0.05, 0.1) is 17.0 Å². The summed E-state index contributed by atoms with van der Waals surface area (Å²) in [6, 6.07) is 8.72. The minimum absolute atomic E-state index is 0.0322. The van der Waals surface area contributed by atoms with Crippen molar-refractivity contribution in [2.24, 2.45) is 7.05 Å². The van der Waals surface area contributed by atoms with E-state index in [1.54, 1.807) is 24.3 Å². The number of benzene rings is 1. The Morgan fingerprint density at radius 3 is 2.56 bits per heavy atom. The fourth-order valence-electron chi connectivity index (χ4n) is 2.68. The molecule has 3 rings (SSSR count). The number of nitrogens with one attached hydrogen (secondary N) is 1. The van der Waals surface area contributed by atoms with Gasteiger partial charge in [0.2, 0.25) is 0 Å². The van der Waals surface area contributed by atoms with Crippen LogP contribution in [0.15, 0.2) is 30.3 Å². The first kappa shape index (κ1) is 17.2. The highest BCUT2D eigenvalue weighted by Gasteiger charge is 2.18. The maximum absolute atomic E-state index is 12.5. The Balaban J connectivity index is 1.80. The van der Waals surface area contributed by atoms with Gasteiger partial charge in [0.1, 0.15) is 4.83 Å². The molecule has 1 aromatic carbocycles. The number of amides is 1. The quantitative estimate of drug-likeness (QED) is 0.730. The molecule has 0 saturated heterocycles. The van der Waals surface area contributed by atoms with E-state index in [9.17, 15) is 9.59 Å². The van der Waals surface area contributed by atoms with Crippen molar-refractivity contribution < 1.29 is 14.7 Å². The van der Waals surface area contributed by atoms with E-state index in [0.717, 1.165) is 15.9 Å². The molecule has 0 spiro atoms. The van der Waals surface area contributed by atoms with Crippen molar-refractivity contribution in [3.63, 3.8) is 0 Å². The molecule has 2 aromatic heterocycles. The molecule has 0 atom stereocenters. The number of fused-ring (bicyclic) bond motifs is 1. The van der Waals surface area contributed by atoms with Crippen LogP contribution in [0.3, 0.4) is 0 Å². The summed E-state index contributed by atoms with van der Waals surface area (Å²) in [4.78, 5) is 24.8. The van der Waals surface area contributed by atoms with E-state index < -0.39 is 5.97 Å². The minimum Gasteiger partial charge on any atom is -0.481 e. The first-order chi connectivity index (χ1) is 11.8. The Bertz CT molecular complexity index is 939. The van der Waals surface area contributed by atoms with Crippen molar-refractivity contribution in [3.05, 3.63) is 46.5 Å². The predicted molar refractivity (Wildman–Crippen MR) is 98.4 cm³/mol. The number of rotatable bonds is 5. The van der Waals surface area contributed by atoms with E-state index in [-0.39, 0.29) is 18.2 Å². The number of carboxylic acid groups (broad SMARTS) is 1. The zero-order valence-electron chi connectivity index (χ0n) is 14.2. The van der Waals surface area contributed by atoms with Crippen LogP contribution in [-0.2, 0) is 18.3 Å². The first-order valence-electron chi connectivity index (χ1n) is 7.93. The van der Waals surface area contributed by atoms with Gasteiger partial charge in [-0.1, -0.05) is 26.0 Å². The third-order valence-corrected chi connectivity index (χ3v) is 5.08. The molecule has 0 fully saturated rings. The number of aliphatic carboxylic acids is 1. The van der Waals surface area contributed by atoms with Crippen LogP contribution in [0.1, 0.15) is 40.7 Å². The van der Waals surface area contributed by atoms with E-state index in [1.165, 1.54) is 11.3 Å². The van der Waals surface area contributed by atoms with Crippen LogP contribution >= 0.6 is 11.3 Å². The second-order valence-corrected chi connectivity index (χ2v) is 7.25. The molecule has 0 aliphatic carbocycles. The molecule has 7 heteroatoms. The zero-order valence-corrected chi connectivity index (χ0v) is 15.1. The van der Waals surface area contributed by atoms with Crippen molar-refractivity contribution in [2.75, 3.05) is 5.32 Å². The Hall–Kier alpha value is -2.67. The summed E-state index contributed by atoms with van der Waals surface area (Å²) in [6.45, 7) is 4.16. The largest absolute Gasteiger partial charge is 0.481 e. The number of hydrogen-bond donors (Lipinski definition) is 2. The van der Waals surface area contributed by atoms with Gasteiger partial charge in [-0.2, -0.15) is 5.10 Å². The maximum Gasteiger partial charge on any atom is 0.307 e. The highest BCUT2D eigenvalue weighted by molar-refractivity contribution is 7.20. The smallest absolute Gasteiger partial charge is 0.307 e. The van der Waals surface area contributed by atoms with Crippen molar-refractivity contribution >= 4 is 39.1 Å². The number of aryl methyl sites for hydroxylation is 1. The average molecular weight is 357 g/mol. The summed E-state index contributed by atoms with van der Waals surface area (Å²) in [5, 5.41) is 17.2. The van der Waals surface area contributed by atoms with Crippen LogP contribution in [-0.4, -0.2) is 26.8 Å². The van der Waals surface area contributed by atoms with Crippen LogP contribution in [0.5, 0.6) is 0 Å². The lowest BCUT2D eigenvalue weighted by atomic mass is 10.1. The number of carbonyl (C=O) groups is 2. The number of aromatic nitrogens is 2. The summed E-state index contributed by atoms with van der Waals surface area (Å²) in [6.07, 6.45) is -0.0322. The second kappa shape index (κ2) is 6.68. The molecule has 0 unspecified atom stereocenters. The molecule has 0 saturated carbocycles. The fourth-order valence-corrected chi connectivity index (χ4v) is 3.65. The van der Waals surface area contributed by atoms with Crippen LogP contribution < -0.4 is 5.32 Å². The normalized spacial score (nSPS) is 11.2. The second-order valence-electron chi connectivity index (χ2n) is 6.21. The molecule has 3 aromatic rings. The van der Waals surface area contributed by atoms with E-state index in [1.807, 2.05) is 17.8 Å². The van der Waals surface area contributed by atoms with Gasteiger partial charge < -0.3 is 10.4 Å².